The number of hydrogen-bond donors (Lipinski definition) is 1. The highest BCUT2D eigenvalue weighted by Gasteiger charge is 2.06. The van der Waals surface area contributed by atoms with Crippen LogP contribution in [-0.2, 0) is 0 Å². The standard InChI is InChI=1S/C15H12N4S/c16-13(11-7-3-1-4-8-11)17-15-19-18-14(20-15)12-9-5-2-6-10-12/h1-10H,(H2,16,17,19). The quantitative estimate of drug-likeness (QED) is 0.591. The fraction of sp³-hybridized carbons (Fsp3) is 0. The van der Waals surface area contributed by atoms with Crippen molar-refractivity contribution in [2.45, 2.75) is 0 Å². The maximum absolute atomic E-state index is 5.96. The number of benzene rings is 2. The number of hydrogen-bond acceptors (Lipinski definition) is 4. The summed E-state index contributed by atoms with van der Waals surface area (Å²) in [4.78, 5) is 4.31. The largest absolute Gasteiger partial charge is 0.383 e. The van der Waals surface area contributed by atoms with Gasteiger partial charge in [-0.25, -0.2) is 4.99 Å². The Kier molecular flexibility index (Phi) is 3.52. The molecule has 0 aliphatic carbocycles. The van der Waals surface area contributed by atoms with Gasteiger partial charge in [-0.2, -0.15) is 0 Å². The van der Waals surface area contributed by atoms with Crippen LogP contribution in [0.4, 0.5) is 5.13 Å². The lowest BCUT2D eigenvalue weighted by Gasteiger charge is -1.97. The molecule has 1 heterocycles. The third-order valence-corrected chi connectivity index (χ3v) is 3.59. The average molecular weight is 280 g/mol. The molecule has 0 unspecified atom stereocenters. The van der Waals surface area contributed by atoms with E-state index in [2.05, 4.69) is 15.2 Å². The minimum Gasteiger partial charge on any atom is -0.383 e. The van der Waals surface area contributed by atoms with Crippen molar-refractivity contribution in [2.24, 2.45) is 10.7 Å². The average Bonchev–Trinajstić information content (AvgIpc) is 2.97. The van der Waals surface area contributed by atoms with Gasteiger partial charge in [-0.1, -0.05) is 72.0 Å². The van der Waals surface area contributed by atoms with Crippen LogP contribution in [0.1, 0.15) is 5.56 Å². The number of rotatable bonds is 3. The van der Waals surface area contributed by atoms with Crippen LogP contribution in [0.15, 0.2) is 65.7 Å². The summed E-state index contributed by atoms with van der Waals surface area (Å²) in [6, 6.07) is 19.5. The molecule has 2 N–H and O–H groups in total. The second-order valence-corrected chi connectivity index (χ2v) is 5.07. The van der Waals surface area contributed by atoms with Crippen LogP contribution >= 0.6 is 11.3 Å². The predicted molar refractivity (Wildman–Crippen MR) is 82.2 cm³/mol. The van der Waals surface area contributed by atoms with Crippen LogP contribution in [0, 0.1) is 0 Å². The molecule has 0 saturated heterocycles. The second kappa shape index (κ2) is 5.63. The zero-order valence-corrected chi connectivity index (χ0v) is 11.4. The lowest BCUT2D eigenvalue weighted by molar-refractivity contribution is 1.09. The molecule has 0 saturated carbocycles. The molecule has 0 atom stereocenters. The van der Waals surface area contributed by atoms with Gasteiger partial charge in [-0.15, -0.1) is 10.2 Å². The van der Waals surface area contributed by atoms with Gasteiger partial charge >= 0.3 is 0 Å². The summed E-state index contributed by atoms with van der Waals surface area (Å²) in [5, 5.41) is 9.60. The summed E-state index contributed by atoms with van der Waals surface area (Å²) >= 11 is 1.42. The maximum Gasteiger partial charge on any atom is 0.233 e. The van der Waals surface area contributed by atoms with Crippen molar-refractivity contribution in [1.82, 2.24) is 10.2 Å². The van der Waals surface area contributed by atoms with Gasteiger partial charge < -0.3 is 5.73 Å². The first-order valence-corrected chi connectivity index (χ1v) is 6.93. The third-order valence-electron chi connectivity index (χ3n) is 2.72. The van der Waals surface area contributed by atoms with Crippen LogP contribution in [0.5, 0.6) is 0 Å². The number of nitrogens with two attached hydrogens (primary N) is 1. The molecule has 0 amide bonds. The number of amidine groups is 1. The molecule has 0 bridgehead atoms. The molecule has 98 valence electrons. The first-order chi connectivity index (χ1) is 9.83. The summed E-state index contributed by atoms with van der Waals surface area (Å²) in [6.45, 7) is 0. The Morgan fingerprint density at radius 2 is 1.55 bits per heavy atom. The molecular formula is C15H12N4S. The van der Waals surface area contributed by atoms with Crippen molar-refractivity contribution >= 4 is 22.3 Å². The predicted octanol–water partition coefficient (Wildman–Crippen LogP) is 3.24. The minimum absolute atomic E-state index is 0.446. The molecule has 3 rings (SSSR count). The van der Waals surface area contributed by atoms with Gasteiger partial charge in [0.1, 0.15) is 10.8 Å². The van der Waals surface area contributed by atoms with Crippen molar-refractivity contribution in [3.63, 3.8) is 0 Å². The summed E-state index contributed by atoms with van der Waals surface area (Å²) in [7, 11) is 0. The highest BCUT2D eigenvalue weighted by Crippen LogP contribution is 2.27. The van der Waals surface area contributed by atoms with Crippen molar-refractivity contribution in [2.75, 3.05) is 0 Å². The van der Waals surface area contributed by atoms with E-state index in [0.717, 1.165) is 16.1 Å². The van der Waals surface area contributed by atoms with Gasteiger partial charge in [0, 0.05) is 11.1 Å². The van der Waals surface area contributed by atoms with Crippen LogP contribution in [0.2, 0.25) is 0 Å². The van der Waals surface area contributed by atoms with Crippen molar-refractivity contribution in [1.29, 1.82) is 0 Å². The molecule has 0 fully saturated rings. The fourth-order valence-electron chi connectivity index (χ4n) is 1.73. The number of nitrogens with zero attached hydrogens (tertiary/aromatic N) is 3. The molecule has 5 heteroatoms. The molecule has 0 aliphatic rings. The van der Waals surface area contributed by atoms with Gasteiger partial charge in [-0.3, -0.25) is 0 Å². The lowest BCUT2D eigenvalue weighted by atomic mass is 10.2. The minimum atomic E-state index is 0.446. The van der Waals surface area contributed by atoms with E-state index in [1.165, 1.54) is 11.3 Å². The van der Waals surface area contributed by atoms with Gasteiger partial charge in [-0.05, 0) is 0 Å². The van der Waals surface area contributed by atoms with E-state index in [4.69, 9.17) is 5.73 Å². The smallest absolute Gasteiger partial charge is 0.233 e. The molecule has 0 spiro atoms. The van der Waals surface area contributed by atoms with Crippen LogP contribution in [0.3, 0.4) is 0 Å². The van der Waals surface area contributed by atoms with Gasteiger partial charge in [0.05, 0.1) is 0 Å². The first kappa shape index (κ1) is 12.5. The monoisotopic (exact) mass is 280 g/mol. The molecule has 0 radical (unpaired) electrons. The second-order valence-electron chi connectivity index (χ2n) is 4.12. The normalized spacial score (nSPS) is 11.5. The highest BCUT2D eigenvalue weighted by molar-refractivity contribution is 7.18. The van der Waals surface area contributed by atoms with Crippen LogP contribution < -0.4 is 5.73 Å². The molecule has 2 aromatic carbocycles. The zero-order chi connectivity index (χ0) is 13.8. The molecular weight excluding hydrogens is 268 g/mol. The number of aliphatic imine (C=N–C) groups is 1. The number of aromatic nitrogens is 2. The molecule has 4 nitrogen and oxygen atoms in total. The van der Waals surface area contributed by atoms with Gasteiger partial charge in [0.2, 0.25) is 5.13 Å². The van der Waals surface area contributed by atoms with Crippen LogP contribution in [0.25, 0.3) is 10.6 Å². The van der Waals surface area contributed by atoms with E-state index < -0.39 is 0 Å². The SMILES string of the molecule is NC(=Nc1nnc(-c2ccccc2)s1)c1ccccc1. The van der Waals surface area contributed by atoms with E-state index in [9.17, 15) is 0 Å². The Labute approximate surface area is 120 Å². The van der Waals surface area contributed by atoms with Crippen LogP contribution in [-0.4, -0.2) is 16.0 Å². The van der Waals surface area contributed by atoms with Crippen molar-refractivity contribution in [3.8, 4) is 10.6 Å². The van der Waals surface area contributed by atoms with E-state index >= 15 is 0 Å². The summed E-state index contributed by atoms with van der Waals surface area (Å²) in [6.07, 6.45) is 0. The Bertz CT molecular complexity index is 720. The fourth-order valence-corrected chi connectivity index (χ4v) is 2.47. The van der Waals surface area contributed by atoms with Crippen molar-refractivity contribution in [3.05, 3.63) is 66.2 Å². The first-order valence-electron chi connectivity index (χ1n) is 6.11. The third kappa shape index (κ3) is 2.73. The summed E-state index contributed by atoms with van der Waals surface area (Å²) < 4.78 is 0. The molecule has 0 aliphatic heterocycles. The molecule has 20 heavy (non-hydrogen) atoms. The lowest BCUT2D eigenvalue weighted by Crippen LogP contribution is -2.12. The summed E-state index contributed by atoms with van der Waals surface area (Å²) in [5.74, 6) is 0.446. The molecule has 1 aromatic heterocycles. The maximum atomic E-state index is 5.96. The Morgan fingerprint density at radius 3 is 2.25 bits per heavy atom. The van der Waals surface area contributed by atoms with Crippen molar-refractivity contribution < 1.29 is 0 Å². The van der Waals surface area contributed by atoms with E-state index in [1.54, 1.807) is 0 Å². The summed E-state index contributed by atoms with van der Waals surface area (Å²) in [5.41, 5.74) is 7.87. The Balaban J connectivity index is 1.88. The Hall–Kier alpha value is -2.53. The highest BCUT2D eigenvalue weighted by atomic mass is 32.1. The van der Waals surface area contributed by atoms with E-state index in [0.29, 0.717) is 11.0 Å². The van der Waals surface area contributed by atoms with Gasteiger partial charge in [0.15, 0.2) is 0 Å². The molecule has 3 aromatic rings. The topological polar surface area (TPSA) is 64.2 Å². The van der Waals surface area contributed by atoms with E-state index in [-0.39, 0.29) is 0 Å². The van der Waals surface area contributed by atoms with Gasteiger partial charge in [0.25, 0.3) is 0 Å². The zero-order valence-electron chi connectivity index (χ0n) is 10.6. The Morgan fingerprint density at radius 1 is 0.900 bits per heavy atom. The van der Waals surface area contributed by atoms with E-state index in [1.807, 2.05) is 60.7 Å².